The number of benzene rings is 1. The van der Waals surface area contributed by atoms with Crippen molar-refractivity contribution in [3.8, 4) is 0 Å². The van der Waals surface area contributed by atoms with Crippen LogP contribution in [0.25, 0.3) is 0 Å². The van der Waals surface area contributed by atoms with E-state index < -0.39 is 5.54 Å². The minimum atomic E-state index is -0.862. The van der Waals surface area contributed by atoms with Crippen molar-refractivity contribution in [2.24, 2.45) is 0 Å². The Labute approximate surface area is 117 Å². The highest BCUT2D eigenvalue weighted by atomic mass is 32.2. The van der Waals surface area contributed by atoms with Gasteiger partial charge in [-0.15, -0.1) is 11.8 Å². The molecule has 0 atom stereocenters. The van der Waals surface area contributed by atoms with Crippen LogP contribution in [0.15, 0.2) is 29.2 Å². The molecule has 2 amide bonds. The second kappa shape index (κ2) is 5.25. The summed E-state index contributed by atoms with van der Waals surface area (Å²) in [6.07, 6.45) is 2.31. The van der Waals surface area contributed by atoms with Gasteiger partial charge in [0.05, 0.1) is 5.69 Å². The van der Waals surface area contributed by atoms with Gasteiger partial charge in [0.25, 0.3) is 5.91 Å². The lowest BCUT2D eigenvalue weighted by Crippen LogP contribution is -2.53. The lowest BCUT2D eigenvalue weighted by atomic mass is 10.0. The predicted octanol–water partition coefficient (Wildman–Crippen LogP) is 2.04. The van der Waals surface area contributed by atoms with Crippen LogP contribution in [0.4, 0.5) is 5.69 Å². The molecular formula is C14H18N2O2S. The molecule has 0 saturated carbocycles. The van der Waals surface area contributed by atoms with E-state index in [1.165, 1.54) is 0 Å². The quantitative estimate of drug-likeness (QED) is 0.842. The van der Waals surface area contributed by atoms with Gasteiger partial charge in [0, 0.05) is 17.9 Å². The lowest BCUT2D eigenvalue weighted by molar-refractivity contribution is -0.128. The third-order valence-electron chi connectivity index (χ3n) is 3.17. The molecule has 4 nitrogen and oxygen atoms in total. The second-order valence-corrected chi connectivity index (χ2v) is 5.90. The van der Waals surface area contributed by atoms with E-state index in [4.69, 9.17) is 0 Å². The molecule has 0 spiro atoms. The van der Waals surface area contributed by atoms with E-state index in [1.54, 1.807) is 30.5 Å². The van der Waals surface area contributed by atoms with E-state index in [0.717, 1.165) is 10.6 Å². The first-order valence-corrected chi connectivity index (χ1v) is 7.44. The summed E-state index contributed by atoms with van der Waals surface area (Å²) >= 11 is 1.60. The van der Waals surface area contributed by atoms with Crippen LogP contribution < -0.4 is 10.2 Å². The standard InChI is InChI=1S/C14H18N2O2S/c1-14(2)13(18)16(9-8-12(17)15-14)10-6-4-5-7-11(10)19-3/h4-7H,8-9H2,1-3H3,(H,15,17). The highest BCUT2D eigenvalue weighted by Gasteiger charge is 2.37. The number of hydrogen-bond donors (Lipinski definition) is 1. The van der Waals surface area contributed by atoms with Gasteiger partial charge in [0.1, 0.15) is 5.54 Å². The molecular weight excluding hydrogens is 260 g/mol. The summed E-state index contributed by atoms with van der Waals surface area (Å²) in [4.78, 5) is 27.0. The monoisotopic (exact) mass is 278 g/mol. The van der Waals surface area contributed by atoms with Crippen molar-refractivity contribution in [2.75, 3.05) is 17.7 Å². The van der Waals surface area contributed by atoms with E-state index in [2.05, 4.69) is 5.32 Å². The molecule has 1 N–H and O–H groups in total. The first-order valence-electron chi connectivity index (χ1n) is 6.21. The van der Waals surface area contributed by atoms with Gasteiger partial charge in [-0.2, -0.15) is 0 Å². The summed E-state index contributed by atoms with van der Waals surface area (Å²) in [6, 6.07) is 7.78. The molecule has 0 aliphatic carbocycles. The summed E-state index contributed by atoms with van der Waals surface area (Å²) in [5.41, 5.74) is 0.0172. The minimum absolute atomic E-state index is 0.0696. The van der Waals surface area contributed by atoms with Gasteiger partial charge in [-0.05, 0) is 32.2 Å². The van der Waals surface area contributed by atoms with Crippen LogP contribution in [0.2, 0.25) is 0 Å². The maximum Gasteiger partial charge on any atom is 0.252 e. The molecule has 1 heterocycles. The first-order chi connectivity index (χ1) is 8.95. The molecule has 0 radical (unpaired) electrons. The van der Waals surface area contributed by atoms with Crippen molar-refractivity contribution < 1.29 is 9.59 Å². The fraction of sp³-hybridized carbons (Fsp3) is 0.429. The van der Waals surface area contributed by atoms with Crippen LogP contribution in [0.5, 0.6) is 0 Å². The molecule has 1 saturated heterocycles. The Hall–Kier alpha value is -1.49. The summed E-state index contributed by atoms with van der Waals surface area (Å²) in [6.45, 7) is 3.91. The van der Waals surface area contributed by atoms with Crippen LogP contribution in [-0.2, 0) is 9.59 Å². The Morgan fingerprint density at radius 2 is 1.95 bits per heavy atom. The normalized spacial score (nSPS) is 19.0. The summed E-state index contributed by atoms with van der Waals surface area (Å²) in [7, 11) is 0. The van der Waals surface area contributed by atoms with Crippen LogP contribution in [0.1, 0.15) is 20.3 Å². The van der Waals surface area contributed by atoms with Gasteiger partial charge in [-0.1, -0.05) is 12.1 Å². The number of rotatable bonds is 2. The highest BCUT2D eigenvalue weighted by Crippen LogP contribution is 2.30. The van der Waals surface area contributed by atoms with Crippen molar-refractivity contribution >= 4 is 29.3 Å². The van der Waals surface area contributed by atoms with Gasteiger partial charge in [-0.25, -0.2) is 0 Å². The van der Waals surface area contributed by atoms with Crippen molar-refractivity contribution in [1.82, 2.24) is 5.32 Å². The lowest BCUT2D eigenvalue weighted by Gasteiger charge is -2.29. The molecule has 102 valence electrons. The van der Waals surface area contributed by atoms with Crippen LogP contribution in [0, 0.1) is 0 Å². The van der Waals surface area contributed by atoms with E-state index in [1.807, 2.05) is 30.5 Å². The smallest absolute Gasteiger partial charge is 0.252 e. The van der Waals surface area contributed by atoms with Gasteiger partial charge in [-0.3, -0.25) is 9.59 Å². The topological polar surface area (TPSA) is 49.4 Å². The highest BCUT2D eigenvalue weighted by molar-refractivity contribution is 7.98. The van der Waals surface area contributed by atoms with Crippen LogP contribution in [-0.4, -0.2) is 30.2 Å². The zero-order valence-electron chi connectivity index (χ0n) is 11.4. The number of nitrogens with zero attached hydrogens (tertiary/aromatic N) is 1. The number of hydrogen-bond acceptors (Lipinski definition) is 3. The Balaban J connectivity index is 2.42. The molecule has 2 rings (SSSR count). The predicted molar refractivity (Wildman–Crippen MR) is 77.4 cm³/mol. The van der Waals surface area contributed by atoms with Crippen LogP contribution in [0.3, 0.4) is 0 Å². The second-order valence-electron chi connectivity index (χ2n) is 5.05. The van der Waals surface area contributed by atoms with Gasteiger partial charge in [0.2, 0.25) is 5.91 Å². The maximum atomic E-state index is 12.6. The minimum Gasteiger partial charge on any atom is -0.342 e. The third kappa shape index (κ3) is 2.76. The molecule has 0 unspecified atom stereocenters. The van der Waals surface area contributed by atoms with E-state index in [9.17, 15) is 9.59 Å². The third-order valence-corrected chi connectivity index (χ3v) is 3.96. The van der Waals surface area contributed by atoms with E-state index in [0.29, 0.717) is 13.0 Å². The average molecular weight is 278 g/mol. The van der Waals surface area contributed by atoms with Gasteiger partial charge in [0.15, 0.2) is 0 Å². The Kier molecular flexibility index (Phi) is 3.85. The molecule has 0 bridgehead atoms. The number of carbonyl (C=O) groups excluding carboxylic acids is 2. The number of anilines is 1. The first kappa shape index (κ1) is 13.9. The Bertz CT molecular complexity index is 514. The molecule has 1 aromatic carbocycles. The summed E-state index contributed by atoms with van der Waals surface area (Å²) < 4.78 is 0. The van der Waals surface area contributed by atoms with Crippen molar-refractivity contribution in [3.63, 3.8) is 0 Å². The van der Waals surface area contributed by atoms with E-state index in [-0.39, 0.29) is 11.8 Å². The zero-order valence-corrected chi connectivity index (χ0v) is 12.2. The summed E-state index contributed by atoms with van der Waals surface area (Å²) in [5, 5.41) is 2.77. The molecule has 1 aliphatic heterocycles. The average Bonchev–Trinajstić information content (AvgIpc) is 2.47. The Morgan fingerprint density at radius 3 is 2.63 bits per heavy atom. The largest absolute Gasteiger partial charge is 0.342 e. The SMILES string of the molecule is CSc1ccccc1N1CCC(=O)NC(C)(C)C1=O. The molecule has 5 heteroatoms. The Morgan fingerprint density at radius 1 is 1.26 bits per heavy atom. The number of para-hydroxylation sites is 1. The van der Waals surface area contributed by atoms with Gasteiger partial charge < -0.3 is 10.2 Å². The number of nitrogens with one attached hydrogen (secondary N) is 1. The molecule has 1 aliphatic rings. The van der Waals surface area contributed by atoms with Crippen molar-refractivity contribution in [3.05, 3.63) is 24.3 Å². The van der Waals surface area contributed by atoms with Crippen LogP contribution >= 0.6 is 11.8 Å². The van der Waals surface area contributed by atoms with E-state index >= 15 is 0 Å². The van der Waals surface area contributed by atoms with Crippen molar-refractivity contribution in [2.45, 2.75) is 30.7 Å². The fourth-order valence-electron chi connectivity index (χ4n) is 2.20. The summed E-state index contributed by atoms with van der Waals surface area (Å²) in [5.74, 6) is -0.151. The fourth-order valence-corrected chi connectivity index (χ4v) is 2.80. The van der Waals surface area contributed by atoms with Gasteiger partial charge >= 0.3 is 0 Å². The molecule has 0 aromatic heterocycles. The van der Waals surface area contributed by atoms with Crippen molar-refractivity contribution in [1.29, 1.82) is 0 Å². The molecule has 1 fully saturated rings. The molecule has 19 heavy (non-hydrogen) atoms. The number of amides is 2. The molecule has 1 aromatic rings. The number of thioether (sulfide) groups is 1. The number of carbonyl (C=O) groups is 2. The zero-order chi connectivity index (χ0) is 14.0. The maximum absolute atomic E-state index is 12.6.